The fourth-order valence-electron chi connectivity index (χ4n) is 2.77. The van der Waals surface area contributed by atoms with Crippen molar-refractivity contribution in [2.45, 2.75) is 19.8 Å². The molecule has 0 saturated heterocycles. The van der Waals surface area contributed by atoms with Crippen molar-refractivity contribution in [1.29, 1.82) is 0 Å². The number of hydrazine groups is 1. The van der Waals surface area contributed by atoms with Gasteiger partial charge in [-0.05, 0) is 30.5 Å². The average Bonchev–Trinajstić information content (AvgIpc) is 2.64. The summed E-state index contributed by atoms with van der Waals surface area (Å²) >= 11 is 0. The van der Waals surface area contributed by atoms with Crippen LogP contribution in [0.5, 0.6) is 0 Å². The van der Waals surface area contributed by atoms with E-state index in [0.717, 1.165) is 23.2 Å². The van der Waals surface area contributed by atoms with E-state index in [1.165, 1.54) is 11.1 Å². The molecular weight excluding hydrogens is 316 g/mol. The molecule has 1 heterocycles. The zero-order valence-electron chi connectivity index (χ0n) is 14.1. The van der Waals surface area contributed by atoms with E-state index in [0.29, 0.717) is 18.7 Å². The van der Waals surface area contributed by atoms with E-state index in [2.05, 4.69) is 5.43 Å². The van der Waals surface area contributed by atoms with Crippen LogP contribution in [0.1, 0.15) is 24.5 Å². The highest BCUT2D eigenvalue weighted by Gasteiger charge is 2.25. The zero-order valence-corrected chi connectivity index (χ0v) is 14.1. The van der Waals surface area contributed by atoms with Crippen LogP contribution in [0.4, 0.5) is 5.69 Å². The molecule has 1 aliphatic heterocycles. The van der Waals surface area contributed by atoms with Gasteiger partial charge in [0.2, 0.25) is 5.91 Å². The minimum absolute atomic E-state index is 0.0376. The van der Waals surface area contributed by atoms with E-state index in [9.17, 15) is 9.59 Å². The number of rotatable bonds is 5. The van der Waals surface area contributed by atoms with Gasteiger partial charge in [-0.2, -0.15) is 0 Å². The predicted molar refractivity (Wildman–Crippen MR) is 96.4 cm³/mol. The molecule has 0 fully saturated rings. The lowest BCUT2D eigenvalue weighted by molar-refractivity contribution is -0.137. The van der Waals surface area contributed by atoms with Crippen molar-refractivity contribution in [2.24, 2.45) is 0 Å². The van der Waals surface area contributed by atoms with E-state index in [-0.39, 0.29) is 5.91 Å². The monoisotopic (exact) mass is 336 g/mol. The van der Waals surface area contributed by atoms with Crippen LogP contribution in [0.25, 0.3) is 5.70 Å². The van der Waals surface area contributed by atoms with Gasteiger partial charge in [0.05, 0.1) is 18.0 Å². The van der Waals surface area contributed by atoms with Gasteiger partial charge in [-0.15, -0.1) is 0 Å². The van der Waals surface area contributed by atoms with E-state index in [1.54, 1.807) is 6.92 Å². The highest BCUT2D eigenvalue weighted by Crippen LogP contribution is 2.27. The van der Waals surface area contributed by atoms with Crippen LogP contribution >= 0.6 is 0 Å². The fraction of sp³-hybridized carbons (Fsp3) is 0.200. The minimum atomic E-state index is -0.452. The molecule has 0 spiro atoms. The summed E-state index contributed by atoms with van der Waals surface area (Å²) in [6.45, 7) is 2.05. The van der Waals surface area contributed by atoms with Gasteiger partial charge in [0.15, 0.2) is 0 Å². The number of fused-ring (bicyclic) bond motifs is 1. The number of nitrogens with one attached hydrogen (secondary N) is 1. The maximum atomic E-state index is 12.5. The molecule has 0 radical (unpaired) electrons. The molecular formula is C20H20N2O3. The Labute approximate surface area is 146 Å². The summed E-state index contributed by atoms with van der Waals surface area (Å²) in [5, 5.41) is 1.51. The number of ether oxygens (including phenoxy) is 1. The topological polar surface area (TPSA) is 58.6 Å². The standard InChI is InChI=1S/C20H20N2O3/c1-2-25-20(24)14-17(15-8-4-3-5-9-15)21-22-18-11-7-6-10-16(18)12-13-19(22)23/h3-11,14,21H,2,12-13H2,1H3. The molecule has 1 N–H and O–H groups in total. The van der Waals surface area contributed by atoms with Crippen LogP contribution in [-0.2, 0) is 20.7 Å². The number of amides is 1. The Bertz CT molecular complexity index is 800. The normalized spacial score (nSPS) is 14.0. The molecule has 3 rings (SSSR count). The van der Waals surface area contributed by atoms with Crippen molar-refractivity contribution < 1.29 is 14.3 Å². The van der Waals surface area contributed by atoms with Gasteiger partial charge in [0.25, 0.3) is 0 Å². The predicted octanol–water partition coefficient (Wildman–Crippen LogP) is 3.07. The highest BCUT2D eigenvalue weighted by atomic mass is 16.5. The van der Waals surface area contributed by atoms with Gasteiger partial charge in [-0.3, -0.25) is 10.2 Å². The molecule has 0 bridgehead atoms. The fourth-order valence-corrected chi connectivity index (χ4v) is 2.77. The summed E-state index contributed by atoms with van der Waals surface area (Å²) in [6.07, 6.45) is 2.52. The lowest BCUT2D eigenvalue weighted by atomic mass is 10.0. The Morgan fingerprint density at radius 3 is 2.60 bits per heavy atom. The maximum absolute atomic E-state index is 12.5. The number of para-hydroxylation sites is 1. The third-order valence-electron chi connectivity index (χ3n) is 3.96. The minimum Gasteiger partial charge on any atom is -0.463 e. The summed E-state index contributed by atoms with van der Waals surface area (Å²) in [5.74, 6) is -0.490. The van der Waals surface area contributed by atoms with Gasteiger partial charge < -0.3 is 4.74 Å². The highest BCUT2D eigenvalue weighted by molar-refractivity contribution is 5.98. The Morgan fingerprint density at radius 2 is 1.84 bits per heavy atom. The summed E-state index contributed by atoms with van der Waals surface area (Å²) in [4.78, 5) is 24.4. The molecule has 0 aromatic heterocycles. The van der Waals surface area contributed by atoms with Crippen molar-refractivity contribution in [1.82, 2.24) is 5.43 Å². The molecule has 0 atom stereocenters. The average molecular weight is 336 g/mol. The Hall–Kier alpha value is -3.08. The van der Waals surface area contributed by atoms with E-state index >= 15 is 0 Å². The first-order valence-electron chi connectivity index (χ1n) is 8.30. The number of carbonyl (C=O) groups is 2. The lowest BCUT2D eigenvalue weighted by Gasteiger charge is -2.31. The molecule has 5 heteroatoms. The van der Waals surface area contributed by atoms with Crippen LogP contribution in [0.3, 0.4) is 0 Å². The molecule has 25 heavy (non-hydrogen) atoms. The molecule has 2 aromatic carbocycles. The van der Waals surface area contributed by atoms with Gasteiger partial charge in [-0.1, -0.05) is 48.5 Å². The Kier molecular flexibility index (Phi) is 5.14. The molecule has 5 nitrogen and oxygen atoms in total. The summed E-state index contributed by atoms with van der Waals surface area (Å²) < 4.78 is 5.02. The van der Waals surface area contributed by atoms with Gasteiger partial charge in [0.1, 0.15) is 0 Å². The van der Waals surface area contributed by atoms with E-state index in [4.69, 9.17) is 4.74 Å². The van der Waals surface area contributed by atoms with Crippen molar-refractivity contribution in [3.05, 3.63) is 71.8 Å². The van der Waals surface area contributed by atoms with Gasteiger partial charge in [0, 0.05) is 12.5 Å². The molecule has 1 amide bonds. The van der Waals surface area contributed by atoms with Crippen molar-refractivity contribution in [3.63, 3.8) is 0 Å². The first kappa shape index (κ1) is 16.8. The second-order valence-corrected chi connectivity index (χ2v) is 5.65. The summed E-state index contributed by atoms with van der Waals surface area (Å²) in [7, 11) is 0. The molecule has 2 aromatic rings. The number of esters is 1. The Morgan fingerprint density at radius 1 is 1.12 bits per heavy atom. The maximum Gasteiger partial charge on any atom is 0.332 e. The number of hydrogen-bond donors (Lipinski definition) is 1. The molecule has 0 aliphatic carbocycles. The second-order valence-electron chi connectivity index (χ2n) is 5.65. The van der Waals surface area contributed by atoms with Crippen LogP contribution in [0, 0.1) is 0 Å². The first-order valence-corrected chi connectivity index (χ1v) is 8.30. The zero-order chi connectivity index (χ0) is 17.6. The number of benzene rings is 2. The third-order valence-corrected chi connectivity index (χ3v) is 3.96. The van der Waals surface area contributed by atoms with Crippen molar-refractivity contribution in [2.75, 3.05) is 11.6 Å². The second kappa shape index (κ2) is 7.66. The number of hydrogen-bond acceptors (Lipinski definition) is 4. The number of carbonyl (C=O) groups excluding carboxylic acids is 2. The number of nitrogens with zero attached hydrogens (tertiary/aromatic N) is 1. The molecule has 1 aliphatic rings. The third kappa shape index (κ3) is 3.88. The Balaban J connectivity index is 1.95. The smallest absolute Gasteiger partial charge is 0.332 e. The van der Waals surface area contributed by atoms with Crippen LogP contribution < -0.4 is 10.4 Å². The van der Waals surface area contributed by atoms with Crippen LogP contribution in [0.15, 0.2) is 60.7 Å². The molecule has 0 saturated carbocycles. The van der Waals surface area contributed by atoms with Gasteiger partial charge >= 0.3 is 5.97 Å². The van der Waals surface area contributed by atoms with E-state index < -0.39 is 5.97 Å². The number of anilines is 1. The number of aryl methyl sites for hydroxylation is 1. The van der Waals surface area contributed by atoms with Gasteiger partial charge in [-0.25, -0.2) is 9.80 Å². The van der Waals surface area contributed by atoms with Crippen LogP contribution in [0.2, 0.25) is 0 Å². The molecule has 0 unspecified atom stereocenters. The van der Waals surface area contributed by atoms with Crippen LogP contribution in [-0.4, -0.2) is 18.5 Å². The van der Waals surface area contributed by atoms with Crippen molar-refractivity contribution >= 4 is 23.3 Å². The van der Waals surface area contributed by atoms with E-state index in [1.807, 2.05) is 54.6 Å². The summed E-state index contributed by atoms with van der Waals surface area (Å²) in [6, 6.07) is 17.1. The quantitative estimate of drug-likeness (QED) is 0.673. The van der Waals surface area contributed by atoms with Crippen molar-refractivity contribution in [3.8, 4) is 0 Å². The molecule has 128 valence electrons. The summed E-state index contributed by atoms with van der Waals surface area (Å²) in [5.41, 5.74) is 6.33. The lowest BCUT2D eigenvalue weighted by Crippen LogP contribution is -2.45. The largest absolute Gasteiger partial charge is 0.463 e. The first-order chi connectivity index (χ1) is 12.2. The SMILES string of the molecule is CCOC(=O)C=C(NN1C(=O)CCc2ccccc21)c1ccccc1.